The molecule has 0 aliphatic heterocycles. The summed E-state index contributed by atoms with van der Waals surface area (Å²) < 4.78 is 49.3. The van der Waals surface area contributed by atoms with Crippen molar-refractivity contribution in [3.63, 3.8) is 0 Å². The van der Waals surface area contributed by atoms with Crippen LogP contribution >= 0.6 is 11.6 Å². The fourth-order valence-corrected chi connectivity index (χ4v) is 0.909. The van der Waals surface area contributed by atoms with Crippen LogP contribution in [0, 0.1) is 11.9 Å². The van der Waals surface area contributed by atoms with Crippen LogP contribution in [0.4, 0.5) is 17.6 Å². The summed E-state index contributed by atoms with van der Waals surface area (Å²) in [4.78, 5) is 13.0. The number of hydrogen-bond acceptors (Lipinski definition) is 2. The van der Waals surface area contributed by atoms with Crippen LogP contribution in [0.25, 0.3) is 0 Å². The van der Waals surface area contributed by atoms with Gasteiger partial charge in [0.05, 0.1) is 11.1 Å². The molecule has 0 aliphatic rings. The summed E-state index contributed by atoms with van der Waals surface area (Å²) in [7, 11) is 0. The third-order valence-corrected chi connectivity index (χ3v) is 1.61. The lowest BCUT2D eigenvalue weighted by Crippen LogP contribution is -2.04. The number of rotatable bonds is 2. The summed E-state index contributed by atoms with van der Waals surface area (Å²) in [5.41, 5.74) is -2.03. The van der Waals surface area contributed by atoms with Crippen molar-refractivity contribution in [2.24, 2.45) is 0 Å². The van der Waals surface area contributed by atoms with E-state index in [1.807, 2.05) is 0 Å². The molecule has 0 bridgehead atoms. The highest BCUT2D eigenvalue weighted by Gasteiger charge is 2.21. The van der Waals surface area contributed by atoms with Crippen molar-refractivity contribution >= 4 is 16.8 Å². The number of hydrogen-bond donors (Lipinski definition) is 0. The molecule has 0 aliphatic carbocycles. The molecule has 1 aromatic heterocycles. The summed E-state index contributed by atoms with van der Waals surface area (Å²) in [5, 5.41) is -1.31. The van der Waals surface area contributed by atoms with Gasteiger partial charge in [0.15, 0.2) is 0 Å². The zero-order chi connectivity index (χ0) is 10.9. The molecule has 76 valence electrons. The van der Waals surface area contributed by atoms with Gasteiger partial charge in [-0.1, -0.05) is 0 Å². The predicted molar refractivity (Wildman–Crippen MR) is 39.3 cm³/mol. The molecular weight excluding hydrogens is 226 g/mol. The first-order valence-electron chi connectivity index (χ1n) is 3.27. The van der Waals surface area contributed by atoms with Crippen LogP contribution in [0.1, 0.15) is 22.3 Å². The molecule has 0 radical (unpaired) electrons. The second-order valence-corrected chi connectivity index (χ2v) is 2.62. The van der Waals surface area contributed by atoms with Gasteiger partial charge < -0.3 is 0 Å². The van der Waals surface area contributed by atoms with E-state index in [1.165, 1.54) is 0 Å². The lowest BCUT2D eigenvalue weighted by molar-refractivity contribution is 0.107. The number of alkyl halides is 2. The largest absolute Gasteiger partial charge is 0.275 e. The van der Waals surface area contributed by atoms with Crippen LogP contribution in [0.2, 0.25) is 0 Å². The Labute approximate surface area is 80.5 Å². The van der Waals surface area contributed by atoms with Crippen LogP contribution in [0.5, 0.6) is 0 Å². The van der Waals surface area contributed by atoms with Gasteiger partial charge in [-0.2, -0.15) is 13.8 Å². The molecule has 0 amide bonds. The van der Waals surface area contributed by atoms with E-state index in [1.54, 1.807) is 0 Å². The molecule has 2 nitrogen and oxygen atoms in total. The average Bonchev–Trinajstić information content (AvgIpc) is 2.02. The van der Waals surface area contributed by atoms with E-state index in [4.69, 9.17) is 11.6 Å². The predicted octanol–water partition coefficient (Wildman–Crippen LogP) is 2.68. The van der Waals surface area contributed by atoms with Crippen molar-refractivity contribution in [2.75, 3.05) is 0 Å². The average molecular weight is 228 g/mol. The Kier molecular flexibility index (Phi) is 3.05. The molecule has 1 rings (SSSR count). The van der Waals surface area contributed by atoms with E-state index < -0.39 is 34.7 Å². The Morgan fingerprint density at radius 1 is 1.36 bits per heavy atom. The second kappa shape index (κ2) is 3.91. The van der Waals surface area contributed by atoms with Crippen molar-refractivity contribution in [2.45, 2.75) is 6.43 Å². The standard InChI is InChI=1S/C7H2ClF4NO/c8-4(14)2-1-3(5(9)10)7(12)13-6(2)11/h1,5H. The maximum atomic E-state index is 12.6. The summed E-state index contributed by atoms with van der Waals surface area (Å²) in [6, 6.07) is 0.345. The Bertz CT molecular complexity index is 382. The summed E-state index contributed by atoms with van der Waals surface area (Å²) in [6.07, 6.45) is -3.18. The van der Waals surface area contributed by atoms with Gasteiger partial charge in [-0.15, -0.1) is 0 Å². The van der Waals surface area contributed by atoms with Gasteiger partial charge in [-0.25, -0.2) is 8.78 Å². The molecule has 1 aromatic rings. The minimum atomic E-state index is -3.18. The Morgan fingerprint density at radius 2 is 1.93 bits per heavy atom. The van der Waals surface area contributed by atoms with Gasteiger partial charge in [0.1, 0.15) is 0 Å². The Balaban J connectivity index is 3.34. The van der Waals surface area contributed by atoms with E-state index in [9.17, 15) is 22.4 Å². The molecule has 0 spiro atoms. The van der Waals surface area contributed by atoms with Gasteiger partial charge in [-0.3, -0.25) is 4.79 Å². The van der Waals surface area contributed by atoms with Crippen molar-refractivity contribution in [1.29, 1.82) is 0 Å². The smallest absolute Gasteiger partial charge is 0.268 e. The number of pyridine rings is 1. The first-order valence-corrected chi connectivity index (χ1v) is 3.65. The SMILES string of the molecule is O=C(Cl)c1cc(C(F)F)c(F)nc1F. The molecule has 0 N–H and O–H groups in total. The normalized spacial score (nSPS) is 10.7. The zero-order valence-corrected chi connectivity index (χ0v) is 7.16. The molecule has 0 saturated carbocycles. The van der Waals surface area contributed by atoms with E-state index in [0.717, 1.165) is 0 Å². The fourth-order valence-electron chi connectivity index (χ4n) is 0.776. The molecule has 0 fully saturated rings. The Morgan fingerprint density at radius 3 is 2.36 bits per heavy atom. The Hall–Kier alpha value is -1.17. The van der Waals surface area contributed by atoms with Crippen molar-refractivity contribution < 1.29 is 22.4 Å². The van der Waals surface area contributed by atoms with Crippen molar-refractivity contribution in [3.05, 3.63) is 29.1 Å². The quantitative estimate of drug-likeness (QED) is 0.442. The maximum absolute atomic E-state index is 12.6. The molecule has 0 atom stereocenters. The van der Waals surface area contributed by atoms with Crippen LogP contribution in [-0.4, -0.2) is 10.2 Å². The van der Waals surface area contributed by atoms with E-state index in [2.05, 4.69) is 4.98 Å². The summed E-state index contributed by atoms with van der Waals surface area (Å²) >= 11 is 4.85. The highest BCUT2D eigenvalue weighted by molar-refractivity contribution is 6.67. The number of aromatic nitrogens is 1. The van der Waals surface area contributed by atoms with Gasteiger partial charge >= 0.3 is 0 Å². The molecule has 1 heterocycles. The van der Waals surface area contributed by atoms with E-state index >= 15 is 0 Å². The number of halogens is 5. The molecule has 0 saturated heterocycles. The van der Waals surface area contributed by atoms with Gasteiger partial charge in [0, 0.05) is 0 Å². The van der Waals surface area contributed by atoms with Crippen molar-refractivity contribution in [3.8, 4) is 0 Å². The third kappa shape index (κ3) is 2.01. The number of nitrogens with zero attached hydrogens (tertiary/aromatic N) is 1. The number of carbonyl (C=O) groups excluding carboxylic acids is 1. The molecule has 14 heavy (non-hydrogen) atoms. The van der Waals surface area contributed by atoms with Crippen LogP contribution in [0.15, 0.2) is 6.07 Å². The lowest BCUT2D eigenvalue weighted by Gasteiger charge is -2.02. The van der Waals surface area contributed by atoms with Gasteiger partial charge in [-0.05, 0) is 17.7 Å². The zero-order valence-electron chi connectivity index (χ0n) is 6.40. The van der Waals surface area contributed by atoms with E-state index in [-0.39, 0.29) is 0 Å². The molecule has 0 aromatic carbocycles. The molecular formula is C7H2ClF4NO. The van der Waals surface area contributed by atoms with Crippen LogP contribution < -0.4 is 0 Å². The fraction of sp³-hybridized carbons (Fsp3) is 0.143. The lowest BCUT2D eigenvalue weighted by atomic mass is 10.2. The molecule has 0 unspecified atom stereocenters. The first kappa shape index (κ1) is 10.9. The monoisotopic (exact) mass is 227 g/mol. The van der Waals surface area contributed by atoms with Gasteiger partial charge in [0.25, 0.3) is 11.7 Å². The highest BCUT2D eigenvalue weighted by atomic mass is 35.5. The van der Waals surface area contributed by atoms with Crippen molar-refractivity contribution in [1.82, 2.24) is 4.98 Å². The first-order chi connectivity index (χ1) is 6.43. The summed E-state index contributed by atoms with van der Waals surface area (Å²) in [5.74, 6) is -3.16. The van der Waals surface area contributed by atoms with E-state index in [0.29, 0.717) is 6.07 Å². The highest BCUT2D eigenvalue weighted by Crippen LogP contribution is 2.23. The van der Waals surface area contributed by atoms with Gasteiger partial charge in [0.2, 0.25) is 11.9 Å². The maximum Gasteiger partial charge on any atom is 0.268 e. The third-order valence-electron chi connectivity index (χ3n) is 1.40. The summed E-state index contributed by atoms with van der Waals surface area (Å²) in [6.45, 7) is 0. The van der Waals surface area contributed by atoms with Crippen LogP contribution in [0.3, 0.4) is 0 Å². The second-order valence-electron chi connectivity index (χ2n) is 2.28. The molecule has 7 heteroatoms. The topological polar surface area (TPSA) is 30.0 Å². The number of carbonyl (C=O) groups is 1. The minimum absolute atomic E-state index is 0.345. The minimum Gasteiger partial charge on any atom is -0.275 e. The van der Waals surface area contributed by atoms with Crippen LogP contribution in [-0.2, 0) is 0 Å².